The lowest BCUT2D eigenvalue weighted by atomic mass is 10.2. The van der Waals surface area contributed by atoms with Crippen LogP contribution in [0.25, 0.3) is 0 Å². The Labute approximate surface area is 103 Å². The first-order valence-electron chi connectivity index (χ1n) is 6.44. The highest BCUT2D eigenvalue weighted by molar-refractivity contribution is 6.29. The number of nitrogens with one attached hydrogen (secondary N) is 1. The van der Waals surface area contributed by atoms with Gasteiger partial charge in [-0.25, -0.2) is 0 Å². The molecule has 1 fully saturated rings. The quantitative estimate of drug-likeness (QED) is 0.762. The Bertz CT molecular complexity index is 303. The van der Waals surface area contributed by atoms with Gasteiger partial charge in [0.05, 0.1) is 25.4 Å². The van der Waals surface area contributed by atoms with E-state index in [0.29, 0.717) is 12.6 Å². The summed E-state index contributed by atoms with van der Waals surface area (Å²) in [7, 11) is 0. The third-order valence-corrected chi connectivity index (χ3v) is 3.17. The van der Waals surface area contributed by atoms with E-state index < -0.39 is 0 Å². The molecule has 2 rings (SSSR count). The highest BCUT2D eigenvalue weighted by Crippen LogP contribution is 2.07. The summed E-state index contributed by atoms with van der Waals surface area (Å²) < 4.78 is 5.37. The van der Waals surface area contributed by atoms with Crippen LogP contribution in [-0.4, -0.2) is 68.4 Å². The van der Waals surface area contributed by atoms with E-state index >= 15 is 0 Å². The second-order valence-electron chi connectivity index (χ2n) is 4.54. The molecule has 0 aromatic carbocycles. The first kappa shape index (κ1) is 12.5. The van der Waals surface area contributed by atoms with Gasteiger partial charge in [0, 0.05) is 32.3 Å². The second kappa shape index (κ2) is 6.12. The molecular weight excluding hydrogens is 216 g/mol. The van der Waals surface area contributed by atoms with Crippen LogP contribution in [-0.2, 0) is 4.74 Å². The molecule has 0 aromatic heterocycles. The molecule has 2 unspecified atom stereocenters. The van der Waals surface area contributed by atoms with E-state index in [1.54, 1.807) is 0 Å². The topological polar surface area (TPSA) is 49.2 Å². The molecule has 0 spiro atoms. The summed E-state index contributed by atoms with van der Waals surface area (Å²) in [5.74, 6) is 1.03. The number of rotatable bonds is 3. The largest absolute Gasteiger partial charge is 0.379 e. The lowest BCUT2D eigenvalue weighted by Crippen LogP contribution is -2.53. The van der Waals surface area contributed by atoms with Crippen LogP contribution in [0.15, 0.2) is 9.98 Å². The Morgan fingerprint density at radius 3 is 3.12 bits per heavy atom. The van der Waals surface area contributed by atoms with Crippen molar-refractivity contribution in [2.45, 2.75) is 25.9 Å². The maximum Gasteiger partial charge on any atom is 0.142 e. The normalized spacial score (nSPS) is 29.3. The monoisotopic (exact) mass is 238 g/mol. The van der Waals surface area contributed by atoms with Gasteiger partial charge in [-0.3, -0.25) is 9.98 Å². The highest BCUT2D eigenvalue weighted by atomic mass is 16.5. The fourth-order valence-electron chi connectivity index (χ4n) is 2.15. The van der Waals surface area contributed by atoms with E-state index in [-0.39, 0.29) is 6.04 Å². The molecule has 2 aliphatic heterocycles. The summed E-state index contributed by atoms with van der Waals surface area (Å²) in [5, 5.41) is 3.38. The van der Waals surface area contributed by atoms with Crippen molar-refractivity contribution in [3.8, 4) is 0 Å². The lowest BCUT2D eigenvalue weighted by Gasteiger charge is -2.36. The minimum absolute atomic E-state index is 0.205. The van der Waals surface area contributed by atoms with Gasteiger partial charge in [-0.05, 0) is 13.8 Å². The molecule has 5 heteroatoms. The van der Waals surface area contributed by atoms with Crippen molar-refractivity contribution in [2.75, 3.05) is 39.4 Å². The van der Waals surface area contributed by atoms with Gasteiger partial charge in [0.15, 0.2) is 0 Å². The Morgan fingerprint density at radius 2 is 2.47 bits per heavy atom. The predicted molar refractivity (Wildman–Crippen MR) is 70.1 cm³/mol. The minimum atomic E-state index is 0.205. The zero-order valence-electron chi connectivity index (χ0n) is 10.7. The number of nitrogens with zero attached hydrogens (tertiary/aromatic N) is 3. The van der Waals surface area contributed by atoms with Gasteiger partial charge in [-0.2, -0.15) is 0 Å². The van der Waals surface area contributed by atoms with Crippen LogP contribution in [0.5, 0.6) is 0 Å². The van der Waals surface area contributed by atoms with Crippen molar-refractivity contribution in [3.05, 3.63) is 0 Å². The molecule has 0 radical (unpaired) electrons. The maximum atomic E-state index is 5.37. The fourth-order valence-corrected chi connectivity index (χ4v) is 2.15. The summed E-state index contributed by atoms with van der Waals surface area (Å²) in [5.41, 5.74) is 0. The van der Waals surface area contributed by atoms with Crippen LogP contribution in [0.2, 0.25) is 0 Å². The molecule has 2 aliphatic rings. The van der Waals surface area contributed by atoms with E-state index in [2.05, 4.69) is 27.1 Å². The summed E-state index contributed by atoms with van der Waals surface area (Å²) in [4.78, 5) is 11.5. The molecule has 0 aromatic rings. The van der Waals surface area contributed by atoms with Crippen molar-refractivity contribution in [1.29, 1.82) is 0 Å². The van der Waals surface area contributed by atoms with Gasteiger partial charge >= 0.3 is 0 Å². The van der Waals surface area contributed by atoms with E-state index in [0.717, 1.165) is 38.6 Å². The average Bonchev–Trinajstić information content (AvgIpc) is 2.38. The van der Waals surface area contributed by atoms with E-state index in [4.69, 9.17) is 4.74 Å². The highest BCUT2D eigenvalue weighted by Gasteiger charge is 2.22. The first-order valence-corrected chi connectivity index (χ1v) is 6.44. The molecule has 0 amide bonds. The fraction of sp³-hybridized carbons (Fsp3) is 0.833. The van der Waals surface area contributed by atoms with Crippen LogP contribution >= 0.6 is 0 Å². The Hall–Kier alpha value is -0.940. The van der Waals surface area contributed by atoms with Crippen molar-refractivity contribution in [1.82, 2.24) is 10.2 Å². The molecule has 17 heavy (non-hydrogen) atoms. The van der Waals surface area contributed by atoms with Crippen molar-refractivity contribution in [3.63, 3.8) is 0 Å². The zero-order chi connectivity index (χ0) is 12.1. The van der Waals surface area contributed by atoms with E-state index in [1.165, 1.54) is 0 Å². The third kappa shape index (κ3) is 3.26. The van der Waals surface area contributed by atoms with Crippen LogP contribution in [0.3, 0.4) is 0 Å². The Morgan fingerprint density at radius 1 is 1.59 bits per heavy atom. The second-order valence-corrected chi connectivity index (χ2v) is 4.54. The van der Waals surface area contributed by atoms with Gasteiger partial charge < -0.3 is 15.0 Å². The molecule has 1 N–H and O–H groups in total. The van der Waals surface area contributed by atoms with Gasteiger partial charge in [0.1, 0.15) is 5.84 Å². The minimum Gasteiger partial charge on any atom is -0.379 e. The van der Waals surface area contributed by atoms with Crippen molar-refractivity contribution >= 4 is 12.1 Å². The average molecular weight is 238 g/mol. The molecule has 2 heterocycles. The molecule has 2 atom stereocenters. The van der Waals surface area contributed by atoms with Gasteiger partial charge in [-0.1, -0.05) is 0 Å². The molecular formula is C12H22N4O. The molecule has 96 valence electrons. The summed E-state index contributed by atoms with van der Waals surface area (Å²) in [6.45, 7) is 9.47. The van der Waals surface area contributed by atoms with Crippen LogP contribution < -0.4 is 5.32 Å². The number of hydrogen-bond acceptors (Lipinski definition) is 5. The first-order chi connectivity index (χ1) is 8.31. The summed E-state index contributed by atoms with van der Waals surface area (Å²) in [6.07, 6.45) is 1.91. The van der Waals surface area contributed by atoms with E-state index in [1.807, 2.05) is 13.1 Å². The molecule has 0 aliphatic carbocycles. The van der Waals surface area contributed by atoms with E-state index in [9.17, 15) is 0 Å². The smallest absolute Gasteiger partial charge is 0.142 e. The third-order valence-electron chi connectivity index (χ3n) is 3.17. The number of hydrogen-bond donors (Lipinski definition) is 1. The van der Waals surface area contributed by atoms with Crippen molar-refractivity contribution in [2.24, 2.45) is 9.98 Å². The van der Waals surface area contributed by atoms with Gasteiger partial charge in [0.2, 0.25) is 0 Å². The van der Waals surface area contributed by atoms with Gasteiger partial charge in [-0.15, -0.1) is 0 Å². The maximum absolute atomic E-state index is 5.37. The number of aliphatic imine (C=N–C) groups is 2. The zero-order valence-corrected chi connectivity index (χ0v) is 10.7. The van der Waals surface area contributed by atoms with Crippen molar-refractivity contribution < 1.29 is 4.74 Å². The predicted octanol–water partition coefficient (Wildman–Crippen LogP) is 0.168. The Kier molecular flexibility index (Phi) is 4.50. The Balaban J connectivity index is 1.87. The molecule has 5 nitrogen and oxygen atoms in total. The molecule has 0 bridgehead atoms. The summed E-state index contributed by atoms with van der Waals surface area (Å²) >= 11 is 0. The summed E-state index contributed by atoms with van der Waals surface area (Å²) in [6, 6.07) is 0.703. The van der Waals surface area contributed by atoms with Gasteiger partial charge in [0.25, 0.3) is 0 Å². The van der Waals surface area contributed by atoms with Crippen LogP contribution in [0, 0.1) is 0 Å². The number of piperazine rings is 1. The van der Waals surface area contributed by atoms with Crippen LogP contribution in [0.4, 0.5) is 0 Å². The SMILES string of the molecule is CCOCC1CN=C(N2CCNCC2C)C=N1. The standard InChI is InChI=1S/C12H22N4O/c1-3-17-9-11-7-15-12(8-14-11)16-5-4-13-6-10(16)2/h8,10-11,13H,3-7,9H2,1-2H3. The number of amidine groups is 1. The molecule has 0 saturated carbocycles. The van der Waals surface area contributed by atoms with Crippen LogP contribution in [0.1, 0.15) is 13.8 Å². The lowest BCUT2D eigenvalue weighted by molar-refractivity contribution is 0.135. The number of ether oxygens (including phenoxy) is 1. The molecule has 1 saturated heterocycles.